The smallest absolute Gasteiger partial charge is 0.241 e. The Bertz CT molecular complexity index is 556. The SMILES string of the molecule is COC(CNC(=NCc1ccccc1)NCC(=O)N(C)C)C(C)(C)C.I. The van der Waals surface area contributed by atoms with Crippen LogP contribution >= 0.6 is 24.0 Å². The lowest BCUT2D eigenvalue weighted by atomic mass is 9.89. The molecular formula is C19H33IN4O2. The third kappa shape index (κ3) is 9.38. The first-order valence-electron chi connectivity index (χ1n) is 8.53. The van der Waals surface area contributed by atoms with E-state index < -0.39 is 0 Å². The summed E-state index contributed by atoms with van der Waals surface area (Å²) in [6.07, 6.45) is 0.0285. The highest BCUT2D eigenvalue weighted by Gasteiger charge is 2.24. The van der Waals surface area contributed by atoms with Crippen LogP contribution < -0.4 is 10.6 Å². The molecule has 1 amide bonds. The molecule has 0 saturated heterocycles. The highest BCUT2D eigenvalue weighted by molar-refractivity contribution is 14.0. The van der Waals surface area contributed by atoms with Gasteiger partial charge >= 0.3 is 0 Å². The molecule has 0 heterocycles. The number of likely N-dealkylation sites (N-methyl/N-ethyl adjacent to an activating group) is 1. The first-order chi connectivity index (χ1) is 11.7. The van der Waals surface area contributed by atoms with E-state index in [2.05, 4.69) is 36.4 Å². The summed E-state index contributed by atoms with van der Waals surface area (Å²) in [6, 6.07) is 10.0. The van der Waals surface area contributed by atoms with Crippen LogP contribution in [0.25, 0.3) is 0 Å². The van der Waals surface area contributed by atoms with E-state index in [1.165, 1.54) is 0 Å². The van der Waals surface area contributed by atoms with Crippen molar-refractivity contribution >= 4 is 35.8 Å². The number of methoxy groups -OCH3 is 1. The van der Waals surface area contributed by atoms with Crippen molar-refractivity contribution in [1.82, 2.24) is 15.5 Å². The summed E-state index contributed by atoms with van der Waals surface area (Å²) in [5.41, 5.74) is 1.12. The molecular weight excluding hydrogens is 443 g/mol. The molecule has 1 rings (SSSR count). The van der Waals surface area contributed by atoms with E-state index in [0.29, 0.717) is 19.0 Å². The van der Waals surface area contributed by atoms with Crippen molar-refractivity contribution in [1.29, 1.82) is 0 Å². The molecule has 0 radical (unpaired) electrons. The van der Waals surface area contributed by atoms with Gasteiger partial charge in [-0.15, -0.1) is 24.0 Å². The van der Waals surface area contributed by atoms with Gasteiger partial charge in [0.05, 0.1) is 19.2 Å². The van der Waals surface area contributed by atoms with Gasteiger partial charge in [-0.3, -0.25) is 4.79 Å². The summed E-state index contributed by atoms with van der Waals surface area (Å²) in [5, 5.41) is 6.38. The third-order valence-corrected chi connectivity index (χ3v) is 3.87. The fraction of sp³-hybridized carbons (Fsp3) is 0.579. The highest BCUT2D eigenvalue weighted by Crippen LogP contribution is 2.20. The van der Waals surface area contributed by atoms with Crippen LogP contribution in [-0.4, -0.2) is 57.2 Å². The van der Waals surface area contributed by atoms with Gasteiger partial charge in [0.1, 0.15) is 0 Å². The maximum Gasteiger partial charge on any atom is 0.241 e. The molecule has 6 nitrogen and oxygen atoms in total. The maximum absolute atomic E-state index is 11.8. The van der Waals surface area contributed by atoms with Gasteiger partial charge in [0, 0.05) is 27.7 Å². The van der Waals surface area contributed by atoms with Crippen LogP contribution in [0.3, 0.4) is 0 Å². The van der Waals surface area contributed by atoms with Crippen LogP contribution in [0.2, 0.25) is 0 Å². The number of nitrogens with one attached hydrogen (secondary N) is 2. The standard InChI is InChI=1S/C19H32N4O2.HI/c1-19(2,3)16(25-6)13-21-18(22-14-17(24)23(4)5)20-12-15-10-8-7-9-11-15;/h7-11,16H,12-14H2,1-6H3,(H2,20,21,22);1H. The Balaban J connectivity index is 0.00000625. The minimum Gasteiger partial charge on any atom is -0.379 e. The number of halogens is 1. The lowest BCUT2D eigenvalue weighted by Gasteiger charge is -2.30. The molecule has 2 N–H and O–H groups in total. The molecule has 0 aliphatic carbocycles. The molecule has 0 saturated carbocycles. The second-order valence-corrected chi connectivity index (χ2v) is 7.26. The number of carbonyl (C=O) groups excluding carboxylic acids is 1. The fourth-order valence-electron chi connectivity index (χ4n) is 2.18. The van der Waals surface area contributed by atoms with Crippen molar-refractivity contribution in [3.8, 4) is 0 Å². The van der Waals surface area contributed by atoms with Crippen molar-refractivity contribution in [2.45, 2.75) is 33.4 Å². The number of amides is 1. The molecule has 1 atom stereocenters. The number of rotatable bonds is 7. The van der Waals surface area contributed by atoms with Crippen LogP contribution in [-0.2, 0) is 16.1 Å². The quantitative estimate of drug-likeness (QED) is 0.361. The number of carbonyl (C=O) groups is 1. The van der Waals surface area contributed by atoms with Crippen LogP contribution in [0.5, 0.6) is 0 Å². The van der Waals surface area contributed by atoms with Crippen LogP contribution in [0.4, 0.5) is 0 Å². The van der Waals surface area contributed by atoms with Gasteiger partial charge in [-0.2, -0.15) is 0 Å². The van der Waals surface area contributed by atoms with Gasteiger partial charge in [0.2, 0.25) is 5.91 Å². The van der Waals surface area contributed by atoms with Gasteiger partial charge in [0.25, 0.3) is 0 Å². The fourth-order valence-corrected chi connectivity index (χ4v) is 2.18. The predicted octanol–water partition coefficient (Wildman–Crippen LogP) is 2.49. The molecule has 26 heavy (non-hydrogen) atoms. The minimum absolute atomic E-state index is 0. The molecule has 7 heteroatoms. The van der Waals surface area contributed by atoms with E-state index in [9.17, 15) is 4.79 Å². The third-order valence-electron chi connectivity index (χ3n) is 3.87. The van der Waals surface area contributed by atoms with Gasteiger partial charge in [-0.25, -0.2) is 4.99 Å². The summed E-state index contributed by atoms with van der Waals surface area (Å²) in [6.45, 7) is 7.74. The molecule has 0 aliphatic rings. The summed E-state index contributed by atoms with van der Waals surface area (Å²) < 4.78 is 5.57. The molecule has 0 bridgehead atoms. The van der Waals surface area contributed by atoms with E-state index in [0.717, 1.165) is 5.56 Å². The summed E-state index contributed by atoms with van der Waals surface area (Å²) in [7, 11) is 5.18. The Morgan fingerprint density at radius 1 is 1.19 bits per heavy atom. The van der Waals surface area contributed by atoms with E-state index in [4.69, 9.17) is 4.74 Å². The largest absolute Gasteiger partial charge is 0.379 e. The average molecular weight is 476 g/mol. The van der Waals surface area contributed by atoms with E-state index >= 15 is 0 Å². The molecule has 148 valence electrons. The molecule has 0 aromatic heterocycles. The van der Waals surface area contributed by atoms with Gasteiger partial charge < -0.3 is 20.3 Å². The first-order valence-corrected chi connectivity index (χ1v) is 8.53. The Morgan fingerprint density at radius 2 is 1.81 bits per heavy atom. The van der Waals surface area contributed by atoms with Crippen LogP contribution in [0.15, 0.2) is 35.3 Å². The van der Waals surface area contributed by atoms with E-state index in [1.54, 1.807) is 26.1 Å². The van der Waals surface area contributed by atoms with Crippen LogP contribution in [0, 0.1) is 5.41 Å². The predicted molar refractivity (Wildman–Crippen MR) is 118 cm³/mol. The molecule has 1 aromatic carbocycles. The normalized spacial score (nSPS) is 12.8. The number of nitrogens with zero attached hydrogens (tertiary/aromatic N) is 2. The van der Waals surface area contributed by atoms with E-state index in [1.807, 2.05) is 30.3 Å². The van der Waals surface area contributed by atoms with Crippen LogP contribution in [0.1, 0.15) is 26.3 Å². The molecule has 1 aromatic rings. The van der Waals surface area contributed by atoms with Gasteiger partial charge in [-0.1, -0.05) is 51.1 Å². The highest BCUT2D eigenvalue weighted by atomic mass is 127. The Kier molecular flexibility index (Phi) is 11.5. The molecule has 1 unspecified atom stereocenters. The van der Waals surface area contributed by atoms with Crippen molar-refractivity contribution in [2.75, 3.05) is 34.3 Å². The Hall–Kier alpha value is -1.35. The first kappa shape index (κ1) is 24.7. The Labute approximate surface area is 174 Å². The zero-order valence-electron chi connectivity index (χ0n) is 16.7. The van der Waals surface area contributed by atoms with Crippen molar-refractivity contribution in [3.63, 3.8) is 0 Å². The summed E-state index contributed by atoms with van der Waals surface area (Å²) in [5.74, 6) is 0.596. The minimum atomic E-state index is -0.00618. The second kappa shape index (κ2) is 12.1. The maximum atomic E-state index is 11.8. The number of guanidine groups is 1. The number of hydrogen-bond donors (Lipinski definition) is 2. The lowest BCUT2D eigenvalue weighted by molar-refractivity contribution is -0.127. The monoisotopic (exact) mass is 476 g/mol. The van der Waals surface area contributed by atoms with Gasteiger partial charge in [0.15, 0.2) is 5.96 Å². The van der Waals surface area contributed by atoms with Gasteiger partial charge in [-0.05, 0) is 11.0 Å². The summed E-state index contributed by atoms with van der Waals surface area (Å²) >= 11 is 0. The zero-order valence-corrected chi connectivity index (χ0v) is 19.0. The summed E-state index contributed by atoms with van der Waals surface area (Å²) in [4.78, 5) is 18.0. The molecule has 0 aliphatic heterocycles. The number of aliphatic imine (C=N–C) groups is 1. The van der Waals surface area contributed by atoms with Crippen molar-refractivity contribution in [2.24, 2.45) is 10.4 Å². The van der Waals surface area contributed by atoms with Crippen molar-refractivity contribution < 1.29 is 9.53 Å². The lowest BCUT2D eigenvalue weighted by Crippen LogP contribution is -2.47. The number of benzene rings is 1. The number of ether oxygens (including phenoxy) is 1. The molecule has 0 spiro atoms. The Morgan fingerprint density at radius 3 is 2.31 bits per heavy atom. The van der Waals surface area contributed by atoms with E-state index in [-0.39, 0.29) is 47.9 Å². The van der Waals surface area contributed by atoms with Crippen molar-refractivity contribution in [3.05, 3.63) is 35.9 Å². The zero-order chi connectivity index (χ0) is 18.9. The second-order valence-electron chi connectivity index (χ2n) is 7.26. The topological polar surface area (TPSA) is 66.0 Å². The molecule has 0 fully saturated rings. The average Bonchev–Trinajstić information content (AvgIpc) is 2.56. The number of hydrogen-bond acceptors (Lipinski definition) is 3.